The molecule has 108 valence electrons. The molecule has 1 aliphatic rings. The zero-order chi connectivity index (χ0) is 15.0. The van der Waals surface area contributed by atoms with Gasteiger partial charge in [-0.25, -0.2) is 0 Å². The van der Waals surface area contributed by atoms with E-state index >= 15 is 0 Å². The van der Waals surface area contributed by atoms with Crippen LogP contribution in [0.3, 0.4) is 0 Å². The number of rotatable bonds is 3. The molecule has 1 N–H and O–H groups in total. The third-order valence-electron chi connectivity index (χ3n) is 4.32. The summed E-state index contributed by atoms with van der Waals surface area (Å²) in [6.45, 7) is 6.30. The van der Waals surface area contributed by atoms with Crippen LogP contribution in [0.15, 0.2) is 36.4 Å². The van der Waals surface area contributed by atoms with Crippen LogP contribution in [-0.4, -0.2) is 5.91 Å². The van der Waals surface area contributed by atoms with Gasteiger partial charge in [0, 0.05) is 5.69 Å². The molecule has 0 fully saturated rings. The molecule has 0 saturated heterocycles. The molecule has 0 unspecified atom stereocenters. The van der Waals surface area contributed by atoms with Gasteiger partial charge in [-0.05, 0) is 48.9 Å². The first-order valence-electron chi connectivity index (χ1n) is 7.58. The lowest BCUT2D eigenvalue weighted by Crippen LogP contribution is -2.14. The molecular weight excluding hydrogens is 258 g/mol. The molecular formula is C19H21NO. The molecule has 2 aromatic carbocycles. The lowest BCUT2D eigenvalue weighted by atomic mass is 9.91. The molecule has 1 aliphatic heterocycles. The molecule has 0 aromatic heterocycles. The Bertz CT molecular complexity index is 685. The number of carbonyl (C=O) groups is 1. The van der Waals surface area contributed by atoms with E-state index in [4.69, 9.17) is 0 Å². The minimum atomic E-state index is -0.0638. The fourth-order valence-electron chi connectivity index (χ4n) is 3.15. The zero-order valence-corrected chi connectivity index (χ0v) is 12.9. The van der Waals surface area contributed by atoms with Gasteiger partial charge < -0.3 is 5.32 Å². The molecule has 0 aliphatic carbocycles. The van der Waals surface area contributed by atoms with Crippen LogP contribution in [0.2, 0.25) is 0 Å². The van der Waals surface area contributed by atoms with Gasteiger partial charge in [0.1, 0.15) is 0 Å². The topological polar surface area (TPSA) is 29.1 Å². The standard InChI is InChI=1S/C19H21NO/c1-4-14-5-7-15(8-6-14)11-17-16-10-12(2)9-13(3)18(16)20-19(17)21/h5-10,17H,4,11H2,1-3H3,(H,20,21)/t17-/m1/s1. The maximum Gasteiger partial charge on any atom is 0.232 e. The largest absolute Gasteiger partial charge is 0.325 e. The van der Waals surface area contributed by atoms with Gasteiger partial charge in [0.05, 0.1) is 5.92 Å². The van der Waals surface area contributed by atoms with Crippen molar-refractivity contribution in [2.45, 2.75) is 39.5 Å². The molecule has 0 radical (unpaired) electrons. The van der Waals surface area contributed by atoms with E-state index in [1.807, 2.05) is 0 Å². The number of hydrogen-bond donors (Lipinski definition) is 1. The SMILES string of the molecule is CCc1ccc(C[C@H]2C(=O)Nc3c(C)cc(C)cc32)cc1. The summed E-state index contributed by atoms with van der Waals surface area (Å²) in [6, 6.07) is 12.9. The van der Waals surface area contributed by atoms with Crippen LogP contribution in [0.1, 0.15) is 40.7 Å². The number of benzene rings is 2. The highest BCUT2D eigenvalue weighted by Crippen LogP contribution is 2.37. The van der Waals surface area contributed by atoms with E-state index in [-0.39, 0.29) is 11.8 Å². The van der Waals surface area contributed by atoms with Gasteiger partial charge in [0.25, 0.3) is 0 Å². The predicted octanol–water partition coefficient (Wildman–Crippen LogP) is 4.14. The van der Waals surface area contributed by atoms with E-state index in [0.717, 1.165) is 29.7 Å². The monoisotopic (exact) mass is 279 g/mol. The van der Waals surface area contributed by atoms with E-state index in [9.17, 15) is 4.79 Å². The second-order valence-electron chi connectivity index (χ2n) is 5.96. The Kier molecular flexibility index (Phi) is 3.54. The van der Waals surface area contributed by atoms with E-state index < -0.39 is 0 Å². The Hall–Kier alpha value is -2.09. The highest BCUT2D eigenvalue weighted by Gasteiger charge is 2.31. The van der Waals surface area contributed by atoms with Crippen molar-refractivity contribution in [1.82, 2.24) is 0 Å². The molecule has 0 saturated carbocycles. The number of nitrogens with one attached hydrogen (secondary N) is 1. The summed E-state index contributed by atoms with van der Waals surface area (Å²) in [5, 5.41) is 3.05. The molecule has 1 atom stereocenters. The maximum absolute atomic E-state index is 12.3. The predicted molar refractivity (Wildman–Crippen MR) is 86.8 cm³/mol. The summed E-state index contributed by atoms with van der Waals surface area (Å²) >= 11 is 0. The smallest absolute Gasteiger partial charge is 0.232 e. The Morgan fingerprint density at radius 1 is 1.05 bits per heavy atom. The van der Waals surface area contributed by atoms with Crippen molar-refractivity contribution >= 4 is 11.6 Å². The fourth-order valence-corrected chi connectivity index (χ4v) is 3.15. The van der Waals surface area contributed by atoms with Crippen LogP contribution in [0, 0.1) is 13.8 Å². The normalized spacial score (nSPS) is 16.7. The van der Waals surface area contributed by atoms with Gasteiger partial charge in [0.2, 0.25) is 5.91 Å². The summed E-state index contributed by atoms with van der Waals surface area (Å²) in [7, 11) is 0. The average molecular weight is 279 g/mol. The summed E-state index contributed by atoms with van der Waals surface area (Å²) < 4.78 is 0. The summed E-state index contributed by atoms with van der Waals surface area (Å²) in [6.07, 6.45) is 1.82. The third-order valence-corrected chi connectivity index (χ3v) is 4.32. The number of hydrogen-bond acceptors (Lipinski definition) is 1. The Morgan fingerprint density at radius 3 is 2.38 bits per heavy atom. The second-order valence-corrected chi connectivity index (χ2v) is 5.96. The summed E-state index contributed by atoms with van der Waals surface area (Å²) in [5.41, 5.74) is 7.09. The van der Waals surface area contributed by atoms with Crippen molar-refractivity contribution in [2.24, 2.45) is 0 Å². The Morgan fingerprint density at radius 2 is 1.71 bits per heavy atom. The number of carbonyl (C=O) groups excluding carboxylic acids is 1. The van der Waals surface area contributed by atoms with E-state index in [1.54, 1.807) is 0 Å². The van der Waals surface area contributed by atoms with Crippen LogP contribution in [-0.2, 0) is 17.6 Å². The first-order valence-corrected chi connectivity index (χ1v) is 7.58. The van der Waals surface area contributed by atoms with Crippen molar-refractivity contribution in [2.75, 3.05) is 5.32 Å². The highest BCUT2D eigenvalue weighted by molar-refractivity contribution is 6.04. The molecule has 3 rings (SSSR count). The average Bonchev–Trinajstić information content (AvgIpc) is 2.77. The molecule has 2 nitrogen and oxygen atoms in total. The van der Waals surface area contributed by atoms with Crippen molar-refractivity contribution in [3.8, 4) is 0 Å². The minimum Gasteiger partial charge on any atom is -0.325 e. The van der Waals surface area contributed by atoms with Gasteiger partial charge in [0.15, 0.2) is 0 Å². The summed E-state index contributed by atoms with van der Waals surface area (Å²) in [5.74, 6) is 0.0596. The number of amides is 1. The molecule has 21 heavy (non-hydrogen) atoms. The molecule has 2 aromatic rings. The van der Waals surface area contributed by atoms with Crippen LogP contribution >= 0.6 is 0 Å². The van der Waals surface area contributed by atoms with Gasteiger partial charge in [-0.15, -0.1) is 0 Å². The summed E-state index contributed by atoms with van der Waals surface area (Å²) in [4.78, 5) is 12.3. The van der Waals surface area contributed by atoms with Crippen molar-refractivity contribution < 1.29 is 4.79 Å². The highest BCUT2D eigenvalue weighted by atomic mass is 16.2. The molecule has 0 bridgehead atoms. The van der Waals surface area contributed by atoms with Crippen molar-refractivity contribution in [1.29, 1.82) is 0 Å². The lowest BCUT2D eigenvalue weighted by Gasteiger charge is -2.11. The first kappa shape index (κ1) is 13.9. The molecule has 1 heterocycles. The van der Waals surface area contributed by atoms with Gasteiger partial charge in [-0.1, -0.05) is 48.9 Å². The van der Waals surface area contributed by atoms with Crippen LogP contribution in [0.5, 0.6) is 0 Å². The second kappa shape index (κ2) is 5.36. The fraction of sp³-hybridized carbons (Fsp3) is 0.316. The Balaban J connectivity index is 1.91. The van der Waals surface area contributed by atoms with Crippen LogP contribution in [0.4, 0.5) is 5.69 Å². The van der Waals surface area contributed by atoms with Gasteiger partial charge in [-0.2, -0.15) is 0 Å². The number of fused-ring (bicyclic) bond motifs is 1. The zero-order valence-electron chi connectivity index (χ0n) is 12.9. The number of aryl methyl sites for hydroxylation is 3. The van der Waals surface area contributed by atoms with Crippen LogP contribution < -0.4 is 5.32 Å². The molecule has 1 amide bonds. The number of anilines is 1. The van der Waals surface area contributed by atoms with Gasteiger partial charge >= 0.3 is 0 Å². The minimum absolute atomic E-state index is 0.0638. The quantitative estimate of drug-likeness (QED) is 0.898. The van der Waals surface area contributed by atoms with Crippen LogP contribution in [0.25, 0.3) is 0 Å². The third kappa shape index (κ3) is 2.58. The van der Waals surface area contributed by atoms with Crippen molar-refractivity contribution in [3.05, 3.63) is 64.2 Å². The maximum atomic E-state index is 12.3. The van der Waals surface area contributed by atoms with E-state index in [0.29, 0.717) is 0 Å². The first-order chi connectivity index (χ1) is 10.1. The van der Waals surface area contributed by atoms with Gasteiger partial charge in [-0.3, -0.25) is 4.79 Å². The Labute approximate surface area is 126 Å². The van der Waals surface area contributed by atoms with E-state index in [1.165, 1.54) is 16.7 Å². The van der Waals surface area contributed by atoms with Crippen molar-refractivity contribution in [3.63, 3.8) is 0 Å². The molecule has 0 spiro atoms. The van der Waals surface area contributed by atoms with E-state index in [2.05, 4.69) is 62.5 Å². The lowest BCUT2D eigenvalue weighted by molar-refractivity contribution is -0.117. The molecule has 2 heteroatoms.